The van der Waals surface area contributed by atoms with Gasteiger partial charge in [0.25, 0.3) is 0 Å². The first-order chi connectivity index (χ1) is 8.19. The summed E-state index contributed by atoms with van der Waals surface area (Å²) in [5.74, 6) is 0. The van der Waals surface area contributed by atoms with Crippen molar-refractivity contribution in [2.75, 3.05) is 0 Å². The van der Waals surface area contributed by atoms with Crippen LogP contribution in [0.25, 0.3) is 0 Å². The fraction of sp³-hybridized carbons (Fsp3) is 0.333. The topological polar surface area (TPSA) is 30.7 Å². The average Bonchev–Trinajstić information content (AvgIpc) is 2.80. The van der Waals surface area contributed by atoms with Gasteiger partial charge in [0.2, 0.25) is 0 Å². The summed E-state index contributed by atoms with van der Waals surface area (Å²) >= 11 is 5.88. The van der Waals surface area contributed by atoms with Crippen LogP contribution in [0.2, 0.25) is 0 Å². The van der Waals surface area contributed by atoms with Crippen molar-refractivity contribution in [1.29, 1.82) is 0 Å². The van der Waals surface area contributed by atoms with Crippen LogP contribution in [0.15, 0.2) is 30.5 Å². The van der Waals surface area contributed by atoms with Gasteiger partial charge in [0.05, 0.1) is 17.1 Å². The highest BCUT2D eigenvalue weighted by Crippen LogP contribution is 2.23. The minimum Gasteiger partial charge on any atom is -0.248 e. The molecule has 2 rings (SSSR count). The van der Waals surface area contributed by atoms with Gasteiger partial charge >= 0.3 is 0 Å². The van der Waals surface area contributed by atoms with E-state index in [1.165, 1.54) is 9.13 Å². The van der Waals surface area contributed by atoms with Crippen LogP contribution in [-0.4, -0.2) is 15.0 Å². The molecule has 0 bridgehead atoms. The quantitative estimate of drug-likeness (QED) is 0.572. The second-order valence-electron chi connectivity index (χ2n) is 3.84. The SMILES string of the molecule is CCC(Br)c1cn(Cc2ccc(I)cc2)nn1. The number of rotatable bonds is 4. The van der Waals surface area contributed by atoms with E-state index in [1.54, 1.807) is 0 Å². The predicted molar refractivity (Wildman–Crippen MR) is 80.2 cm³/mol. The Labute approximate surface area is 123 Å². The smallest absolute Gasteiger partial charge is 0.0963 e. The Morgan fingerprint density at radius 1 is 1.35 bits per heavy atom. The van der Waals surface area contributed by atoms with Gasteiger partial charge in [-0.2, -0.15) is 0 Å². The predicted octanol–water partition coefficient (Wildman–Crippen LogP) is 3.78. The number of nitrogens with zero attached hydrogens (tertiary/aromatic N) is 3. The fourth-order valence-electron chi connectivity index (χ4n) is 1.52. The van der Waals surface area contributed by atoms with Crippen LogP contribution >= 0.6 is 38.5 Å². The molecular formula is C12H13BrIN3. The Morgan fingerprint density at radius 3 is 2.71 bits per heavy atom. The summed E-state index contributed by atoms with van der Waals surface area (Å²) in [5.41, 5.74) is 2.24. The molecule has 1 unspecified atom stereocenters. The normalized spacial score (nSPS) is 12.6. The highest BCUT2D eigenvalue weighted by atomic mass is 127. The zero-order valence-corrected chi connectivity index (χ0v) is 13.2. The molecule has 1 atom stereocenters. The van der Waals surface area contributed by atoms with E-state index in [0.717, 1.165) is 18.7 Å². The molecule has 2 aromatic rings. The number of hydrogen-bond donors (Lipinski definition) is 0. The van der Waals surface area contributed by atoms with Crippen molar-refractivity contribution in [3.8, 4) is 0 Å². The van der Waals surface area contributed by atoms with Gasteiger partial charge in [-0.1, -0.05) is 40.2 Å². The van der Waals surface area contributed by atoms with Gasteiger partial charge in [-0.05, 0) is 46.7 Å². The van der Waals surface area contributed by atoms with E-state index in [0.29, 0.717) is 4.83 Å². The zero-order valence-electron chi connectivity index (χ0n) is 9.48. The van der Waals surface area contributed by atoms with Crippen molar-refractivity contribution >= 4 is 38.5 Å². The Kier molecular flexibility index (Phi) is 4.55. The molecular weight excluding hydrogens is 393 g/mol. The second-order valence-corrected chi connectivity index (χ2v) is 6.19. The lowest BCUT2D eigenvalue weighted by atomic mass is 10.2. The lowest BCUT2D eigenvalue weighted by Crippen LogP contribution is -2.00. The molecule has 0 aliphatic rings. The third-order valence-electron chi connectivity index (χ3n) is 2.49. The molecule has 90 valence electrons. The Morgan fingerprint density at radius 2 is 2.06 bits per heavy atom. The third-order valence-corrected chi connectivity index (χ3v) is 4.33. The fourth-order valence-corrected chi connectivity index (χ4v) is 2.09. The standard InChI is InChI=1S/C12H13BrIN3/c1-2-11(13)12-8-17(16-15-12)7-9-3-5-10(14)6-4-9/h3-6,8,11H,2,7H2,1H3. The third kappa shape index (κ3) is 3.51. The number of hydrogen-bond acceptors (Lipinski definition) is 2. The van der Waals surface area contributed by atoms with Gasteiger partial charge in [0, 0.05) is 9.77 Å². The molecule has 1 aromatic carbocycles. The molecule has 1 heterocycles. The van der Waals surface area contributed by atoms with E-state index in [2.05, 4.69) is 80.0 Å². The summed E-state index contributed by atoms with van der Waals surface area (Å²) < 4.78 is 3.12. The summed E-state index contributed by atoms with van der Waals surface area (Å²) in [7, 11) is 0. The Balaban J connectivity index is 2.08. The number of aromatic nitrogens is 3. The van der Waals surface area contributed by atoms with Gasteiger partial charge in [0.1, 0.15) is 0 Å². The zero-order chi connectivity index (χ0) is 12.3. The van der Waals surface area contributed by atoms with Crippen LogP contribution in [0.3, 0.4) is 0 Å². The van der Waals surface area contributed by atoms with Crippen molar-refractivity contribution in [3.05, 3.63) is 45.3 Å². The highest BCUT2D eigenvalue weighted by Gasteiger charge is 2.09. The number of halogens is 2. The molecule has 0 N–H and O–H groups in total. The first-order valence-electron chi connectivity index (χ1n) is 5.47. The maximum atomic E-state index is 4.17. The molecule has 0 aliphatic heterocycles. The first-order valence-corrected chi connectivity index (χ1v) is 7.47. The summed E-state index contributed by atoms with van der Waals surface area (Å²) in [6, 6.07) is 8.45. The number of benzene rings is 1. The molecule has 0 saturated carbocycles. The summed E-state index contributed by atoms with van der Waals surface area (Å²) in [4.78, 5) is 0.299. The monoisotopic (exact) mass is 405 g/mol. The minimum atomic E-state index is 0.299. The lowest BCUT2D eigenvalue weighted by Gasteiger charge is -2.01. The van der Waals surface area contributed by atoms with E-state index in [1.807, 2.05) is 10.9 Å². The van der Waals surface area contributed by atoms with Gasteiger partial charge in [0.15, 0.2) is 0 Å². The summed E-state index contributed by atoms with van der Waals surface area (Å²) in [6.07, 6.45) is 3.02. The van der Waals surface area contributed by atoms with Crippen LogP contribution in [0, 0.1) is 3.57 Å². The molecule has 0 saturated heterocycles. The van der Waals surface area contributed by atoms with Crippen LogP contribution < -0.4 is 0 Å². The van der Waals surface area contributed by atoms with Gasteiger partial charge in [-0.25, -0.2) is 4.68 Å². The van der Waals surface area contributed by atoms with E-state index >= 15 is 0 Å². The van der Waals surface area contributed by atoms with Gasteiger partial charge in [-0.15, -0.1) is 5.10 Å². The molecule has 17 heavy (non-hydrogen) atoms. The van der Waals surface area contributed by atoms with Crippen molar-refractivity contribution < 1.29 is 0 Å². The maximum absolute atomic E-state index is 4.17. The Hall–Kier alpha value is -0.430. The van der Waals surface area contributed by atoms with E-state index in [9.17, 15) is 0 Å². The summed E-state index contributed by atoms with van der Waals surface area (Å²) in [5, 5.41) is 8.30. The molecule has 0 fully saturated rings. The van der Waals surface area contributed by atoms with E-state index < -0.39 is 0 Å². The van der Waals surface area contributed by atoms with Gasteiger partial charge in [-0.3, -0.25) is 0 Å². The molecule has 0 radical (unpaired) electrons. The van der Waals surface area contributed by atoms with Crippen LogP contribution in [0.5, 0.6) is 0 Å². The van der Waals surface area contributed by atoms with Crippen LogP contribution in [-0.2, 0) is 6.54 Å². The minimum absolute atomic E-state index is 0.299. The van der Waals surface area contributed by atoms with Crippen molar-refractivity contribution in [2.24, 2.45) is 0 Å². The Bertz CT molecular complexity index is 481. The highest BCUT2D eigenvalue weighted by molar-refractivity contribution is 14.1. The maximum Gasteiger partial charge on any atom is 0.0963 e. The van der Waals surface area contributed by atoms with Crippen molar-refractivity contribution in [2.45, 2.75) is 24.7 Å². The van der Waals surface area contributed by atoms with E-state index in [4.69, 9.17) is 0 Å². The first kappa shape index (κ1) is 13.0. The van der Waals surface area contributed by atoms with Crippen LogP contribution in [0.1, 0.15) is 29.4 Å². The number of alkyl halides is 1. The molecule has 0 amide bonds. The average molecular weight is 406 g/mol. The van der Waals surface area contributed by atoms with Crippen LogP contribution in [0.4, 0.5) is 0 Å². The lowest BCUT2D eigenvalue weighted by molar-refractivity contribution is 0.649. The second kappa shape index (κ2) is 5.95. The van der Waals surface area contributed by atoms with Crippen molar-refractivity contribution in [1.82, 2.24) is 15.0 Å². The molecule has 3 nitrogen and oxygen atoms in total. The molecule has 0 spiro atoms. The van der Waals surface area contributed by atoms with Gasteiger partial charge < -0.3 is 0 Å². The largest absolute Gasteiger partial charge is 0.248 e. The molecule has 1 aromatic heterocycles. The van der Waals surface area contributed by atoms with E-state index in [-0.39, 0.29) is 0 Å². The summed E-state index contributed by atoms with van der Waals surface area (Å²) in [6.45, 7) is 2.89. The van der Waals surface area contributed by atoms with Crippen molar-refractivity contribution in [3.63, 3.8) is 0 Å². The molecule has 0 aliphatic carbocycles. The molecule has 5 heteroatoms.